The van der Waals surface area contributed by atoms with Crippen molar-refractivity contribution in [3.8, 4) is 0 Å². The Morgan fingerprint density at radius 2 is 1.81 bits per heavy atom. The van der Waals surface area contributed by atoms with Gasteiger partial charge in [0.25, 0.3) is 5.91 Å². The van der Waals surface area contributed by atoms with Gasteiger partial charge in [-0.05, 0) is 55.3 Å². The van der Waals surface area contributed by atoms with Crippen LogP contribution >= 0.6 is 0 Å². The zero-order chi connectivity index (χ0) is 21.8. The van der Waals surface area contributed by atoms with Gasteiger partial charge in [-0.3, -0.25) is 9.69 Å². The smallest absolute Gasteiger partial charge is 0.322 e. The lowest BCUT2D eigenvalue weighted by Gasteiger charge is -2.36. The van der Waals surface area contributed by atoms with E-state index < -0.39 is 11.7 Å². The first-order chi connectivity index (χ1) is 15.0. The summed E-state index contributed by atoms with van der Waals surface area (Å²) in [7, 11) is 0. The molecule has 0 radical (unpaired) electrons. The number of hydrogen-bond donors (Lipinski definition) is 1. The monoisotopic (exact) mass is 417 g/mol. The molecular formula is C25H24FN3O2. The number of anilines is 2. The van der Waals surface area contributed by atoms with Gasteiger partial charge in [0.05, 0.1) is 0 Å². The van der Waals surface area contributed by atoms with Gasteiger partial charge in [0.2, 0.25) is 0 Å². The van der Waals surface area contributed by atoms with Gasteiger partial charge in [-0.15, -0.1) is 0 Å². The quantitative estimate of drug-likeness (QED) is 0.619. The average molecular weight is 417 g/mol. The van der Waals surface area contributed by atoms with Crippen LogP contribution in [0, 0.1) is 12.7 Å². The Kier molecular flexibility index (Phi) is 5.98. The van der Waals surface area contributed by atoms with Gasteiger partial charge in [-0.2, -0.15) is 0 Å². The maximum atomic E-state index is 13.4. The molecule has 0 aliphatic carbocycles. The maximum absolute atomic E-state index is 13.4. The van der Waals surface area contributed by atoms with Crippen LogP contribution in [0.3, 0.4) is 0 Å². The normalized spacial score (nSPS) is 13.9. The number of urea groups is 1. The second-order valence-corrected chi connectivity index (χ2v) is 7.71. The molecule has 1 heterocycles. The van der Waals surface area contributed by atoms with E-state index in [0.29, 0.717) is 25.3 Å². The van der Waals surface area contributed by atoms with Crippen LogP contribution < -0.4 is 10.2 Å². The second kappa shape index (κ2) is 9.00. The Morgan fingerprint density at radius 3 is 2.61 bits per heavy atom. The van der Waals surface area contributed by atoms with Crippen molar-refractivity contribution in [3.63, 3.8) is 0 Å². The number of amides is 3. The fraction of sp³-hybridized carbons (Fsp3) is 0.200. The lowest BCUT2D eigenvalue weighted by molar-refractivity contribution is 0.102. The molecule has 1 aliphatic heterocycles. The number of nitrogens with one attached hydrogen (secondary N) is 1. The lowest BCUT2D eigenvalue weighted by Crippen LogP contribution is -2.49. The van der Waals surface area contributed by atoms with E-state index in [1.54, 1.807) is 29.2 Å². The van der Waals surface area contributed by atoms with Crippen LogP contribution in [0.5, 0.6) is 0 Å². The van der Waals surface area contributed by atoms with Gasteiger partial charge in [-0.1, -0.05) is 42.0 Å². The molecule has 5 nitrogen and oxygen atoms in total. The van der Waals surface area contributed by atoms with Crippen LogP contribution in [0.2, 0.25) is 0 Å². The summed E-state index contributed by atoms with van der Waals surface area (Å²) in [4.78, 5) is 29.1. The average Bonchev–Trinajstić information content (AvgIpc) is 2.75. The van der Waals surface area contributed by atoms with Gasteiger partial charge in [-0.25, -0.2) is 9.18 Å². The van der Waals surface area contributed by atoms with E-state index in [1.165, 1.54) is 23.8 Å². The number of aryl methyl sites for hydroxylation is 1. The summed E-state index contributed by atoms with van der Waals surface area (Å²) in [5.74, 6) is -0.864. The van der Waals surface area contributed by atoms with Crippen molar-refractivity contribution in [2.75, 3.05) is 23.3 Å². The molecule has 0 spiro atoms. The number of hydrogen-bond acceptors (Lipinski definition) is 2. The topological polar surface area (TPSA) is 52.6 Å². The van der Waals surface area contributed by atoms with Crippen molar-refractivity contribution in [3.05, 3.63) is 95.3 Å². The van der Waals surface area contributed by atoms with E-state index in [-0.39, 0.29) is 11.6 Å². The predicted octanol–water partition coefficient (Wildman–Crippen LogP) is 5.22. The third-order valence-electron chi connectivity index (χ3n) is 5.27. The number of benzene rings is 3. The van der Waals surface area contributed by atoms with E-state index in [1.807, 2.05) is 36.1 Å². The number of carbonyl (C=O) groups excluding carboxylic acids is 2. The van der Waals surface area contributed by atoms with E-state index in [2.05, 4.69) is 11.4 Å². The highest BCUT2D eigenvalue weighted by Crippen LogP contribution is 2.25. The summed E-state index contributed by atoms with van der Waals surface area (Å²) in [5.41, 5.74) is 3.78. The van der Waals surface area contributed by atoms with E-state index in [0.717, 1.165) is 17.7 Å². The molecule has 1 fully saturated rings. The molecular weight excluding hydrogens is 393 g/mol. The molecule has 0 unspecified atom stereocenters. The summed E-state index contributed by atoms with van der Waals surface area (Å²) in [6, 6.07) is 20.8. The third-order valence-corrected chi connectivity index (χ3v) is 5.27. The number of halogens is 1. The Labute approximate surface area is 181 Å². The number of nitrogens with zero attached hydrogens (tertiary/aromatic N) is 2. The first kappa shape index (κ1) is 20.6. The van der Waals surface area contributed by atoms with E-state index >= 15 is 0 Å². The molecule has 1 aliphatic rings. The lowest BCUT2D eigenvalue weighted by atomic mass is 10.1. The first-order valence-corrected chi connectivity index (χ1v) is 10.3. The van der Waals surface area contributed by atoms with Crippen LogP contribution in [-0.2, 0) is 6.54 Å². The van der Waals surface area contributed by atoms with Crippen molar-refractivity contribution >= 4 is 23.3 Å². The summed E-state index contributed by atoms with van der Waals surface area (Å²) in [6.45, 7) is 3.92. The van der Waals surface area contributed by atoms with Crippen molar-refractivity contribution in [1.82, 2.24) is 4.90 Å². The van der Waals surface area contributed by atoms with E-state index in [4.69, 9.17) is 0 Å². The van der Waals surface area contributed by atoms with Gasteiger partial charge in [0, 0.05) is 36.6 Å². The van der Waals surface area contributed by atoms with Crippen LogP contribution in [0.15, 0.2) is 72.8 Å². The molecule has 0 atom stereocenters. The van der Waals surface area contributed by atoms with Crippen molar-refractivity contribution < 1.29 is 14.0 Å². The Bertz CT molecular complexity index is 1120. The second-order valence-electron chi connectivity index (χ2n) is 7.71. The van der Waals surface area contributed by atoms with Gasteiger partial charge < -0.3 is 10.2 Å². The third kappa shape index (κ3) is 4.91. The molecule has 1 saturated heterocycles. The molecule has 0 saturated carbocycles. The summed E-state index contributed by atoms with van der Waals surface area (Å²) < 4.78 is 13.4. The summed E-state index contributed by atoms with van der Waals surface area (Å²) >= 11 is 0. The molecule has 3 aromatic carbocycles. The molecule has 158 valence electrons. The Balaban J connectivity index is 1.48. The highest BCUT2D eigenvalue weighted by molar-refractivity contribution is 6.04. The minimum absolute atomic E-state index is 0.0543. The first-order valence-electron chi connectivity index (χ1n) is 10.3. The minimum Gasteiger partial charge on any atom is -0.322 e. The van der Waals surface area contributed by atoms with Gasteiger partial charge in [0.1, 0.15) is 5.82 Å². The zero-order valence-corrected chi connectivity index (χ0v) is 17.3. The fourth-order valence-electron chi connectivity index (χ4n) is 3.78. The zero-order valence-electron chi connectivity index (χ0n) is 17.3. The molecule has 0 bridgehead atoms. The predicted molar refractivity (Wildman–Crippen MR) is 120 cm³/mol. The molecule has 4 rings (SSSR count). The molecule has 3 amide bonds. The van der Waals surface area contributed by atoms with Crippen molar-refractivity contribution in [2.24, 2.45) is 0 Å². The van der Waals surface area contributed by atoms with Crippen molar-refractivity contribution in [2.45, 2.75) is 19.9 Å². The highest BCUT2D eigenvalue weighted by atomic mass is 19.1. The van der Waals surface area contributed by atoms with Crippen LogP contribution in [-0.4, -0.2) is 29.9 Å². The SMILES string of the molecule is Cc1cccc(CN2CCCN(c3cccc(NC(=O)c4cccc(F)c4)c3)C2=O)c1. The Morgan fingerprint density at radius 1 is 1.00 bits per heavy atom. The van der Waals surface area contributed by atoms with Crippen LogP contribution in [0.1, 0.15) is 27.9 Å². The standard InChI is InChI=1S/C25H24FN3O2/c1-18-6-2-7-19(14-18)17-28-12-5-13-29(25(28)31)23-11-4-10-22(16-23)27-24(30)20-8-3-9-21(26)15-20/h2-4,6-11,14-16H,5,12-13,17H2,1H3,(H,27,30). The largest absolute Gasteiger partial charge is 0.324 e. The molecule has 3 aromatic rings. The highest BCUT2D eigenvalue weighted by Gasteiger charge is 2.27. The van der Waals surface area contributed by atoms with E-state index in [9.17, 15) is 14.0 Å². The van der Waals surface area contributed by atoms with Crippen molar-refractivity contribution in [1.29, 1.82) is 0 Å². The molecule has 6 heteroatoms. The molecule has 31 heavy (non-hydrogen) atoms. The van der Waals surface area contributed by atoms with Crippen LogP contribution in [0.4, 0.5) is 20.6 Å². The Hall–Kier alpha value is -3.67. The van der Waals surface area contributed by atoms with Gasteiger partial charge in [0.15, 0.2) is 0 Å². The minimum atomic E-state index is -0.464. The summed E-state index contributed by atoms with van der Waals surface area (Å²) in [5, 5.41) is 2.78. The summed E-state index contributed by atoms with van der Waals surface area (Å²) in [6.07, 6.45) is 0.859. The maximum Gasteiger partial charge on any atom is 0.324 e. The van der Waals surface area contributed by atoms with Gasteiger partial charge >= 0.3 is 6.03 Å². The number of carbonyl (C=O) groups is 2. The van der Waals surface area contributed by atoms with Crippen LogP contribution in [0.25, 0.3) is 0 Å². The molecule has 0 aromatic heterocycles. The fourth-order valence-corrected chi connectivity index (χ4v) is 3.78. The molecule has 1 N–H and O–H groups in total. The number of rotatable bonds is 5.